The third-order valence-electron chi connectivity index (χ3n) is 6.62. The lowest BCUT2D eigenvalue weighted by Crippen LogP contribution is -2.41. The van der Waals surface area contributed by atoms with Gasteiger partial charge in [-0.1, -0.05) is 17.7 Å². The summed E-state index contributed by atoms with van der Waals surface area (Å²) in [4.78, 5) is 49.2. The molecule has 0 spiro atoms. The Kier molecular flexibility index (Phi) is 8.49. The van der Waals surface area contributed by atoms with Gasteiger partial charge in [0.2, 0.25) is 0 Å². The van der Waals surface area contributed by atoms with Crippen molar-refractivity contribution in [2.75, 3.05) is 29.9 Å². The van der Waals surface area contributed by atoms with Crippen molar-refractivity contribution in [3.05, 3.63) is 51.4 Å². The molecule has 13 heteroatoms. The Balaban J connectivity index is 1.14. The van der Waals surface area contributed by atoms with Crippen molar-refractivity contribution in [3.8, 4) is 0 Å². The molecule has 5 N–H and O–H groups in total. The van der Waals surface area contributed by atoms with Crippen LogP contribution in [0.3, 0.4) is 0 Å². The highest BCUT2D eigenvalue weighted by molar-refractivity contribution is 6.33. The molecule has 4 rings (SSSR count). The third-order valence-corrected chi connectivity index (χ3v) is 6.99. The lowest BCUT2D eigenvalue weighted by Gasteiger charge is -2.29. The highest BCUT2D eigenvalue weighted by Crippen LogP contribution is 2.27. The first kappa shape index (κ1) is 26.3. The first-order valence-corrected chi connectivity index (χ1v) is 12.5. The molecule has 1 aromatic heterocycles. The molecule has 0 radical (unpaired) electrons. The van der Waals surface area contributed by atoms with Crippen LogP contribution in [-0.4, -0.2) is 65.2 Å². The summed E-state index contributed by atoms with van der Waals surface area (Å²) in [5, 5.41) is 23.6. The molecular formula is C24H29ClN6O6. The van der Waals surface area contributed by atoms with Gasteiger partial charge in [-0.05, 0) is 49.8 Å². The molecule has 1 saturated heterocycles. The lowest BCUT2D eigenvalue weighted by molar-refractivity contribution is 0.0696. The monoisotopic (exact) mass is 532 g/mol. The molecule has 37 heavy (non-hydrogen) atoms. The summed E-state index contributed by atoms with van der Waals surface area (Å²) in [6, 6.07) is 5.66. The molecule has 2 aliphatic rings. The molecule has 1 saturated carbocycles. The van der Waals surface area contributed by atoms with Gasteiger partial charge in [-0.3, -0.25) is 4.79 Å². The molecular weight excluding hydrogens is 504 g/mol. The summed E-state index contributed by atoms with van der Waals surface area (Å²) in [5.41, 5.74) is 0.567. The Labute approximate surface area is 217 Å². The summed E-state index contributed by atoms with van der Waals surface area (Å²) in [7, 11) is 0. The fourth-order valence-corrected chi connectivity index (χ4v) is 4.85. The number of rotatable bonds is 7. The van der Waals surface area contributed by atoms with Crippen molar-refractivity contribution in [2.24, 2.45) is 5.92 Å². The van der Waals surface area contributed by atoms with Gasteiger partial charge in [0.25, 0.3) is 5.56 Å². The average Bonchev–Trinajstić information content (AvgIpc) is 3.33. The fraction of sp³-hybridized carbons (Fsp3) is 0.458. The van der Waals surface area contributed by atoms with E-state index in [9.17, 15) is 19.2 Å². The van der Waals surface area contributed by atoms with Crippen molar-refractivity contribution in [1.82, 2.24) is 20.8 Å². The molecule has 1 atom stereocenters. The largest absolute Gasteiger partial charge is 0.478 e. The SMILES string of the molecule is O=C(NC[C@H]1CC[C@H](NC(=O)O[C@@H]2CCN(c3cn[nH]c(=O)c3Cl)C2)CC1)Nc1cccc(C(=O)O)c1. The second-order valence-corrected chi connectivity index (χ2v) is 9.62. The molecule has 0 unspecified atom stereocenters. The third kappa shape index (κ3) is 7.13. The minimum atomic E-state index is -1.06. The number of anilines is 2. The molecule has 1 aliphatic carbocycles. The van der Waals surface area contributed by atoms with Gasteiger partial charge in [-0.2, -0.15) is 5.10 Å². The molecule has 2 fully saturated rings. The molecule has 12 nitrogen and oxygen atoms in total. The van der Waals surface area contributed by atoms with Gasteiger partial charge in [0, 0.05) is 31.2 Å². The Hall–Kier alpha value is -3.80. The first-order chi connectivity index (χ1) is 17.8. The number of benzene rings is 1. The van der Waals surface area contributed by atoms with Crippen molar-refractivity contribution < 1.29 is 24.2 Å². The summed E-state index contributed by atoms with van der Waals surface area (Å²) < 4.78 is 5.58. The number of hydrogen-bond donors (Lipinski definition) is 5. The number of nitrogens with one attached hydrogen (secondary N) is 4. The second-order valence-electron chi connectivity index (χ2n) is 9.24. The van der Waals surface area contributed by atoms with Crippen LogP contribution >= 0.6 is 11.6 Å². The van der Waals surface area contributed by atoms with E-state index in [-0.39, 0.29) is 28.6 Å². The van der Waals surface area contributed by atoms with E-state index in [4.69, 9.17) is 21.4 Å². The topological polar surface area (TPSA) is 166 Å². The van der Waals surface area contributed by atoms with E-state index in [2.05, 4.69) is 26.1 Å². The quantitative estimate of drug-likeness (QED) is 0.363. The number of aromatic amines is 1. The van der Waals surface area contributed by atoms with Crippen molar-refractivity contribution in [1.29, 1.82) is 0 Å². The van der Waals surface area contributed by atoms with Gasteiger partial charge >= 0.3 is 18.1 Å². The number of H-pyrrole nitrogens is 1. The predicted molar refractivity (Wildman–Crippen MR) is 136 cm³/mol. The number of alkyl carbamates (subject to hydrolysis) is 1. The average molecular weight is 533 g/mol. The summed E-state index contributed by atoms with van der Waals surface area (Å²) in [5.74, 6) is -0.781. The maximum atomic E-state index is 12.4. The van der Waals surface area contributed by atoms with Crippen LogP contribution in [0.15, 0.2) is 35.3 Å². The van der Waals surface area contributed by atoms with E-state index in [0.29, 0.717) is 37.4 Å². The second kappa shape index (κ2) is 12.0. The van der Waals surface area contributed by atoms with Gasteiger partial charge in [0.1, 0.15) is 11.1 Å². The summed E-state index contributed by atoms with van der Waals surface area (Å²) in [6.07, 6.45) is 4.55. The molecule has 1 aromatic carbocycles. The molecule has 0 bridgehead atoms. The zero-order chi connectivity index (χ0) is 26.4. The van der Waals surface area contributed by atoms with E-state index >= 15 is 0 Å². The smallest absolute Gasteiger partial charge is 0.407 e. The Bertz CT molecular complexity index is 1200. The summed E-state index contributed by atoms with van der Waals surface area (Å²) in [6.45, 7) is 1.51. The van der Waals surface area contributed by atoms with Crippen molar-refractivity contribution in [2.45, 2.75) is 44.2 Å². The van der Waals surface area contributed by atoms with Crippen LogP contribution in [0.1, 0.15) is 42.5 Å². The van der Waals surface area contributed by atoms with Crippen LogP contribution in [-0.2, 0) is 4.74 Å². The van der Waals surface area contributed by atoms with Crippen molar-refractivity contribution >= 4 is 41.1 Å². The number of hydrogen-bond acceptors (Lipinski definition) is 7. The Morgan fingerprint density at radius 2 is 1.97 bits per heavy atom. The lowest BCUT2D eigenvalue weighted by atomic mass is 9.86. The van der Waals surface area contributed by atoms with E-state index in [1.54, 1.807) is 12.1 Å². The van der Waals surface area contributed by atoms with E-state index in [0.717, 1.165) is 25.7 Å². The van der Waals surface area contributed by atoms with Gasteiger partial charge in [-0.15, -0.1) is 0 Å². The Morgan fingerprint density at radius 3 is 2.73 bits per heavy atom. The number of ether oxygens (including phenoxy) is 1. The van der Waals surface area contributed by atoms with Crippen LogP contribution in [0.5, 0.6) is 0 Å². The maximum absolute atomic E-state index is 12.4. The number of aromatic nitrogens is 2. The number of carboxylic acid groups (broad SMARTS) is 1. The van der Waals surface area contributed by atoms with Gasteiger partial charge in [0.05, 0.1) is 24.0 Å². The number of carbonyl (C=O) groups is 3. The van der Waals surface area contributed by atoms with Gasteiger partial charge in [-0.25, -0.2) is 19.5 Å². The molecule has 3 amide bonds. The minimum Gasteiger partial charge on any atom is -0.478 e. The van der Waals surface area contributed by atoms with Gasteiger partial charge < -0.3 is 30.7 Å². The first-order valence-electron chi connectivity index (χ1n) is 12.1. The zero-order valence-corrected chi connectivity index (χ0v) is 20.8. The van der Waals surface area contributed by atoms with Crippen LogP contribution in [0.4, 0.5) is 21.0 Å². The fourth-order valence-electron chi connectivity index (χ4n) is 4.64. The van der Waals surface area contributed by atoms with Crippen LogP contribution in [0.2, 0.25) is 5.02 Å². The number of amides is 3. The number of urea groups is 1. The zero-order valence-electron chi connectivity index (χ0n) is 20.0. The van der Waals surface area contributed by atoms with E-state index in [1.165, 1.54) is 18.3 Å². The Morgan fingerprint density at radius 1 is 1.19 bits per heavy atom. The van der Waals surface area contributed by atoms with E-state index < -0.39 is 23.7 Å². The number of nitrogens with zero attached hydrogens (tertiary/aromatic N) is 2. The minimum absolute atomic E-state index is 0.000155. The summed E-state index contributed by atoms with van der Waals surface area (Å²) >= 11 is 6.07. The van der Waals surface area contributed by atoms with Crippen LogP contribution in [0.25, 0.3) is 0 Å². The normalized spacial score (nSPS) is 21.2. The van der Waals surface area contributed by atoms with E-state index in [1.807, 2.05) is 4.90 Å². The number of carboxylic acids is 1. The van der Waals surface area contributed by atoms with Crippen LogP contribution in [0, 0.1) is 5.92 Å². The maximum Gasteiger partial charge on any atom is 0.407 e. The number of halogens is 1. The van der Waals surface area contributed by atoms with Crippen LogP contribution < -0.4 is 26.4 Å². The standard InChI is InChI=1S/C24H29ClN6O6/c25-20-19(12-27-30-21(20)32)31-9-8-18(13-31)37-24(36)29-16-6-4-14(5-7-16)11-26-23(35)28-17-3-1-2-15(10-17)22(33)34/h1-3,10,12,14,16,18H,4-9,11,13H2,(H,29,36)(H,30,32)(H,33,34)(H2,26,28,35)/t14-,16-,18-/m1/s1. The number of aromatic carboxylic acids is 1. The highest BCUT2D eigenvalue weighted by atomic mass is 35.5. The van der Waals surface area contributed by atoms with Crippen molar-refractivity contribution in [3.63, 3.8) is 0 Å². The predicted octanol–water partition coefficient (Wildman–Crippen LogP) is 2.81. The number of carbonyl (C=O) groups excluding carboxylic acids is 2. The highest BCUT2D eigenvalue weighted by Gasteiger charge is 2.29. The molecule has 2 aromatic rings. The molecule has 198 valence electrons. The van der Waals surface area contributed by atoms with Gasteiger partial charge in [0.15, 0.2) is 0 Å². The molecule has 1 aliphatic heterocycles. The molecule has 2 heterocycles.